The van der Waals surface area contributed by atoms with Crippen LogP contribution in [0.4, 0.5) is 13.2 Å². The zero-order chi connectivity index (χ0) is 33.6. The normalized spacial score (nSPS) is 12.3. The number of benzene rings is 8. The molecule has 0 atom stereocenters. The van der Waals surface area contributed by atoms with Crippen LogP contribution in [0.2, 0.25) is 0 Å². The van der Waals surface area contributed by atoms with E-state index in [-0.39, 0.29) is 0 Å². The number of halogens is 3. The van der Waals surface area contributed by atoms with E-state index in [4.69, 9.17) is 4.98 Å². The fourth-order valence-corrected chi connectivity index (χ4v) is 8.19. The Kier molecular flexibility index (Phi) is 6.10. The Balaban J connectivity index is 1.36. The molecule has 0 fully saturated rings. The van der Waals surface area contributed by atoms with Gasteiger partial charge >= 0.3 is 6.18 Å². The van der Waals surface area contributed by atoms with Gasteiger partial charge in [0.1, 0.15) is 0 Å². The maximum Gasteiger partial charge on any atom is 0.416 e. The summed E-state index contributed by atoms with van der Waals surface area (Å²) in [5.74, 6) is 0. The molecular weight excluding hydrogens is 624 g/mol. The van der Waals surface area contributed by atoms with Crippen LogP contribution in [0.5, 0.6) is 0 Å². The fraction of sp³-hybridized carbons (Fsp3) is 0.0217. The molecule has 50 heavy (non-hydrogen) atoms. The Hall–Kier alpha value is -6.26. The average molecular weight is 650 g/mol. The van der Waals surface area contributed by atoms with E-state index < -0.39 is 11.7 Å². The van der Waals surface area contributed by atoms with E-state index in [0.717, 1.165) is 49.5 Å². The summed E-state index contributed by atoms with van der Waals surface area (Å²) in [4.78, 5) is 4.72. The molecule has 0 aliphatic heterocycles. The smallest absolute Gasteiger partial charge is 0.248 e. The molecule has 236 valence electrons. The predicted molar refractivity (Wildman–Crippen MR) is 200 cm³/mol. The van der Waals surface area contributed by atoms with Crippen molar-refractivity contribution in [1.29, 1.82) is 0 Å². The van der Waals surface area contributed by atoms with Crippen molar-refractivity contribution in [3.8, 4) is 55.6 Å². The van der Waals surface area contributed by atoms with E-state index in [1.807, 2.05) is 36.4 Å². The van der Waals surface area contributed by atoms with Crippen molar-refractivity contribution in [2.24, 2.45) is 0 Å². The van der Waals surface area contributed by atoms with Gasteiger partial charge in [0, 0.05) is 16.3 Å². The average Bonchev–Trinajstić information content (AvgIpc) is 3.48. The van der Waals surface area contributed by atoms with Crippen LogP contribution in [-0.4, -0.2) is 4.98 Å². The van der Waals surface area contributed by atoms with Gasteiger partial charge in [-0.2, -0.15) is 13.2 Å². The zero-order valence-electron chi connectivity index (χ0n) is 26.6. The van der Waals surface area contributed by atoms with Gasteiger partial charge in [-0.3, -0.25) is 0 Å². The SMILES string of the molecule is FC(F)(F)c1ccc2c(-c3ccc4c5c(cccc35)-c3c-4c(-c4ccccc4)c4ccccc4c3-c3ccccc3)c3ccccc3nc2c1. The first-order valence-corrected chi connectivity index (χ1v) is 16.6. The highest BCUT2D eigenvalue weighted by Gasteiger charge is 2.33. The monoisotopic (exact) mass is 649 g/mol. The van der Waals surface area contributed by atoms with Crippen molar-refractivity contribution in [3.63, 3.8) is 0 Å². The van der Waals surface area contributed by atoms with Gasteiger partial charge in [0.05, 0.1) is 16.6 Å². The number of para-hydroxylation sites is 1. The molecule has 0 spiro atoms. The van der Waals surface area contributed by atoms with Crippen molar-refractivity contribution in [3.05, 3.63) is 163 Å². The highest BCUT2D eigenvalue weighted by molar-refractivity contribution is 6.29. The molecule has 0 N–H and O–H groups in total. The van der Waals surface area contributed by atoms with Crippen LogP contribution in [0.25, 0.3) is 99.0 Å². The highest BCUT2D eigenvalue weighted by Crippen LogP contribution is 2.58. The summed E-state index contributed by atoms with van der Waals surface area (Å²) in [5.41, 5.74) is 11.5. The summed E-state index contributed by atoms with van der Waals surface area (Å²) in [6, 6.07) is 52.4. The molecule has 1 heterocycles. The van der Waals surface area contributed by atoms with Gasteiger partial charge in [-0.25, -0.2) is 4.98 Å². The molecule has 1 aliphatic rings. The summed E-state index contributed by atoms with van der Waals surface area (Å²) >= 11 is 0. The Morgan fingerprint density at radius 3 is 1.52 bits per heavy atom. The van der Waals surface area contributed by atoms with Crippen molar-refractivity contribution in [1.82, 2.24) is 4.98 Å². The van der Waals surface area contributed by atoms with E-state index in [9.17, 15) is 13.2 Å². The molecule has 0 bridgehead atoms. The molecule has 0 amide bonds. The second-order valence-corrected chi connectivity index (χ2v) is 12.9. The molecule has 10 rings (SSSR count). The van der Waals surface area contributed by atoms with E-state index in [2.05, 4.69) is 103 Å². The van der Waals surface area contributed by atoms with Crippen LogP contribution in [0, 0.1) is 0 Å². The lowest BCUT2D eigenvalue weighted by Crippen LogP contribution is -2.04. The number of nitrogens with zero attached hydrogens (tertiary/aromatic N) is 1. The lowest BCUT2D eigenvalue weighted by Gasteiger charge is -2.20. The van der Waals surface area contributed by atoms with Crippen molar-refractivity contribution < 1.29 is 13.2 Å². The summed E-state index contributed by atoms with van der Waals surface area (Å²) in [7, 11) is 0. The molecule has 0 saturated heterocycles. The number of rotatable bonds is 3. The maximum absolute atomic E-state index is 13.9. The van der Waals surface area contributed by atoms with Crippen molar-refractivity contribution in [2.45, 2.75) is 6.18 Å². The number of fused-ring (bicyclic) bond motifs is 6. The molecule has 9 aromatic rings. The lowest BCUT2D eigenvalue weighted by atomic mass is 9.82. The van der Waals surface area contributed by atoms with Crippen LogP contribution >= 0.6 is 0 Å². The van der Waals surface area contributed by atoms with Crippen LogP contribution in [0.15, 0.2) is 158 Å². The Morgan fingerprint density at radius 2 is 0.880 bits per heavy atom. The summed E-state index contributed by atoms with van der Waals surface area (Å²) in [6.07, 6.45) is -4.47. The molecule has 0 saturated carbocycles. The number of hydrogen-bond donors (Lipinski definition) is 0. The third-order valence-electron chi connectivity index (χ3n) is 10.2. The summed E-state index contributed by atoms with van der Waals surface area (Å²) in [6.45, 7) is 0. The Labute approximate surface area is 285 Å². The minimum Gasteiger partial charge on any atom is -0.248 e. The molecule has 1 aliphatic carbocycles. The van der Waals surface area contributed by atoms with Crippen LogP contribution in [0.3, 0.4) is 0 Å². The van der Waals surface area contributed by atoms with Gasteiger partial charge in [-0.1, -0.05) is 140 Å². The first kappa shape index (κ1) is 28.7. The first-order valence-electron chi connectivity index (χ1n) is 16.6. The van der Waals surface area contributed by atoms with Gasteiger partial charge in [0.15, 0.2) is 0 Å². The van der Waals surface area contributed by atoms with Crippen LogP contribution in [-0.2, 0) is 6.18 Å². The number of hydrogen-bond acceptors (Lipinski definition) is 1. The maximum atomic E-state index is 13.9. The zero-order valence-corrected chi connectivity index (χ0v) is 26.6. The van der Waals surface area contributed by atoms with Gasteiger partial charge in [0.2, 0.25) is 0 Å². The Morgan fingerprint density at radius 1 is 0.360 bits per heavy atom. The molecular formula is C46H26F3N. The van der Waals surface area contributed by atoms with Crippen LogP contribution in [0.1, 0.15) is 5.56 Å². The van der Waals surface area contributed by atoms with E-state index in [0.29, 0.717) is 16.4 Å². The van der Waals surface area contributed by atoms with E-state index in [1.165, 1.54) is 45.2 Å². The highest BCUT2D eigenvalue weighted by atomic mass is 19.4. The van der Waals surface area contributed by atoms with E-state index >= 15 is 0 Å². The predicted octanol–water partition coefficient (Wildman–Crippen LogP) is 13.4. The van der Waals surface area contributed by atoms with Gasteiger partial charge < -0.3 is 0 Å². The molecule has 8 aromatic carbocycles. The standard InChI is InChI=1S/C46H26F3N/c47-46(48,49)29-22-23-35-39(26-29)50-38-21-10-9-18-34(38)42(35)33-24-25-37-43-32(33)19-11-20-36(43)44-40(27-12-3-1-4-13-27)30-16-7-8-17-31(30)41(45(37)44)28-14-5-2-6-15-28/h1-26H. The largest absolute Gasteiger partial charge is 0.416 e. The lowest BCUT2D eigenvalue weighted by molar-refractivity contribution is -0.137. The fourth-order valence-electron chi connectivity index (χ4n) is 8.19. The topological polar surface area (TPSA) is 12.9 Å². The molecule has 4 heteroatoms. The Bertz CT molecular complexity index is 2740. The minimum atomic E-state index is -4.47. The minimum absolute atomic E-state index is 0.323. The van der Waals surface area contributed by atoms with E-state index in [1.54, 1.807) is 6.07 Å². The van der Waals surface area contributed by atoms with Gasteiger partial charge in [-0.05, 0) is 89.8 Å². The third kappa shape index (κ3) is 4.12. The number of alkyl halides is 3. The quantitative estimate of drug-likeness (QED) is 0.174. The molecule has 1 nitrogen and oxygen atoms in total. The third-order valence-corrected chi connectivity index (χ3v) is 10.2. The summed E-state index contributed by atoms with van der Waals surface area (Å²) < 4.78 is 41.6. The van der Waals surface area contributed by atoms with Crippen molar-refractivity contribution >= 4 is 43.4 Å². The molecule has 0 unspecified atom stereocenters. The second kappa shape index (κ2) is 10.6. The number of aromatic nitrogens is 1. The van der Waals surface area contributed by atoms with Gasteiger partial charge in [-0.15, -0.1) is 0 Å². The molecule has 1 aromatic heterocycles. The van der Waals surface area contributed by atoms with Crippen molar-refractivity contribution in [2.75, 3.05) is 0 Å². The van der Waals surface area contributed by atoms with Crippen LogP contribution < -0.4 is 0 Å². The first-order chi connectivity index (χ1) is 24.5. The number of pyridine rings is 1. The second-order valence-electron chi connectivity index (χ2n) is 12.9. The summed E-state index contributed by atoms with van der Waals surface area (Å²) in [5, 5.41) is 6.16. The van der Waals surface area contributed by atoms with Gasteiger partial charge in [0.25, 0.3) is 0 Å². The molecule has 0 radical (unpaired) electrons.